The zero-order valence-corrected chi connectivity index (χ0v) is 23.9. The molecule has 3 aromatic rings. The molecule has 0 radical (unpaired) electrons. The summed E-state index contributed by atoms with van der Waals surface area (Å²) in [5, 5.41) is 3.19. The zero-order chi connectivity index (χ0) is 28.4. The highest BCUT2D eigenvalue weighted by atomic mass is 35.5. The predicted molar refractivity (Wildman–Crippen MR) is 153 cm³/mol. The number of benzene rings is 3. The first-order chi connectivity index (χ1) is 18.7. The number of halogens is 1. The average Bonchev–Trinajstić information content (AvgIpc) is 2.94. The maximum atomic E-state index is 13.9. The van der Waals surface area contributed by atoms with E-state index in [1.165, 1.54) is 42.3 Å². The van der Waals surface area contributed by atoms with E-state index >= 15 is 0 Å². The number of nitrogens with one attached hydrogen (secondary N) is 1. The normalized spacial score (nSPS) is 11.9. The van der Waals surface area contributed by atoms with Gasteiger partial charge in [-0.1, -0.05) is 61.3 Å². The van der Waals surface area contributed by atoms with Crippen LogP contribution >= 0.6 is 11.6 Å². The molecule has 10 heteroatoms. The van der Waals surface area contributed by atoms with Gasteiger partial charge in [0.05, 0.1) is 17.7 Å². The molecule has 0 unspecified atom stereocenters. The van der Waals surface area contributed by atoms with Crippen LogP contribution in [0.4, 0.5) is 5.69 Å². The Labute approximate surface area is 235 Å². The average molecular weight is 572 g/mol. The molecule has 2 amide bonds. The van der Waals surface area contributed by atoms with Crippen LogP contribution in [0.3, 0.4) is 0 Å². The molecule has 0 aliphatic carbocycles. The number of nitrogens with zero attached hydrogens (tertiary/aromatic N) is 2. The van der Waals surface area contributed by atoms with Crippen molar-refractivity contribution in [1.29, 1.82) is 0 Å². The van der Waals surface area contributed by atoms with E-state index in [9.17, 15) is 18.0 Å². The number of hydrogen-bond acceptors (Lipinski definition) is 5. The second-order valence-electron chi connectivity index (χ2n) is 8.99. The van der Waals surface area contributed by atoms with Crippen molar-refractivity contribution < 1.29 is 22.7 Å². The SMILES string of the molecule is CCCCNC(=O)[C@H](C)N(Cc1ccccc1)C(=O)CN(c1cccc(Cl)c1)S(=O)(=O)c1ccc(OC)cc1. The van der Waals surface area contributed by atoms with E-state index in [0.717, 1.165) is 22.7 Å². The molecule has 0 aliphatic rings. The highest BCUT2D eigenvalue weighted by Crippen LogP contribution is 2.27. The van der Waals surface area contributed by atoms with Crippen LogP contribution in [0.5, 0.6) is 5.75 Å². The van der Waals surface area contributed by atoms with Gasteiger partial charge < -0.3 is 15.0 Å². The number of carbonyl (C=O) groups is 2. The van der Waals surface area contributed by atoms with Crippen LogP contribution in [0.1, 0.15) is 32.3 Å². The molecule has 0 bridgehead atoms. The van der Waals surface area contributed by atoms with E-state index in [1.54, 1.807) is 25.1 Å². The molecule has 8 nitrogen and oxygen atoms in total. The minimum Gasteiger partial charge on any atom is -0.497 e. The summed E-state index contributed by atoms with van der Waals surface area (Å²) in [6.07, 6.45) is 1.73. The number of unbranched alkanes of at least 4 members (excludes halogenated alkanes) is 1. The van der Waals surface area contributed by atoms with Gasteiger partial charge in [0.15, 0.2) is 0 Å². The molecule has 0 aliphatic heterocycles. The molecule has 39 heavy (non-hydrogen) atoms. The Hall–Kier alpha value is -3.56. The highest BCUT2D eigenvalue weighted by Gasteiger charge is 2.32. The number of hydrogen-bond donors (Lipinski definition) is 1. The van der Waals surface area contributed by atoms with Gasteiger partial charge in [-0.3, -0.25) is 13.9 Å². The van der Waals surface area contributed by atoms with Crippen molar-refractivity contribution in [2.24, 2.45) is 0 Å². The van der Waals surface area contributed by atoms with Crippen molar-refractivity contribution in [3.63, 3.8) is 0 Å². The maximum absolute atomic E-state index is 13.9. The summed E-state index contributed by atoms with van der Waals surface area (Å²) >= 11 is 6.20. The molecule has 3 rings (SSSR count). The third-order valence-electron chi connectivity index (χ3n) is 6.22. The number of ether oxygens (including phenoxy) is 1. The van der Waals surface area contributed by atoms with E-state index < -0.39 is 28.5 Å². The zero-order valence-electron chi connectivity index (χ0n) is 22.3. The summed E-state index contributed by atoms with van der Waals surface area (Å²) in [5.74, 6) is -0.342. The number of anilines is 1. The molecule has 1 N–H and O–H groups in total. The minimum atomic E-state index is -4.19. The van der Waals surface area contributed by atoms with Crippen molar-refractivity contribution >= 4 is 39.1 Å². The lowest BCUT2D eigenvalue weighted by atomic mass is 10.1. The van der Waals surface area contributed by atoms with Gasteiger partial charge in [0.1, 0.15) is 18.3 Å². The first-order valence-electron chi connectivity index (χ1n) is 12.7. The Morgan fingerprint density at radius 3 is 2.31 bits per heavy atom. The van der Waals surface area contributed by atoms with Crippen LogP contribution in [0, 0.1) is 0 Å². The van der Waals surface area contributed by atoms with E-state index in [1.807, 2.05) is 37.3 Å². The van der Waals surface area contributed by atoms with Crippen LogP contribution in [-0.2, 0) is 26.2 Å². The molecule has 0 heterocycles. The van der Waals surface area contributed by atoms with Gasteiger partial charge in [0.2, 0.25) is 11.8 Å². The first-order valence-corrected chi connectivity index (χ1v) is 14.5. The molecular formula is C29H34ClN3O5S. The van der Waals surface area contributed by atoms with Crippen molar-refractivity contribution in [2.75, 3.05) is 24.5 Å². The second-order valence-corrected chi connectivity index (χ2v) is 11.3. The molecule has 3 aromatic carbocycles. The number of carbonyl (C=O) groups excluding carboxylic acids is 2. The van der Waals surface area contributed by atoms with Gasteiger partial charge in [-0.05, 0) is 61.4 Å². The van der Waals surface area contributed by atoms with Gasteiger partial charge in [0.25, 0.3) is 10.0 Å². The fourth-order valence-electron chi connectivity index (χ4n) is 3.93. The summed E-state index contributed by atoms with van der Waals surface area (Å²) in [5.41, 5.74) is 1.04. The van der Waals surface area contributed by atoms with Crippen LogP contribution in [0.2, 0.25) is 5.02 Å². The number of sulfonamides is 1. The standard InChI is InChI=1S/C29H34ClN3O5S/c1-4-5-18-31-29(35)22(2)32(20-23-10-7-6-8-11-23)28(34)21-33(25-13-9-12-24(30)19-25)39(36,37)27-16-14-26(38-3)15-17-27/h6-17,19,22H,4-5,18,20-21H2,1-3H3,(H,31,35)/t22-/m0/s1. The molecular weight excluding hydrogens is 538 g/mol. The molecule has 0 fully saturated rings. The van der Waals surface area contributed by atoms with Crippen molar-refractivity contribution in [2.45, 2.75) is 44.2 Å². The van der Waals surface area contributed by atoms with Crippen molar-refractivity contribution in [3.05, 3.63) is 89.4 Å². The van der Waals surface area contributed by atoms with Gasteiger partial charge in [-0.15, -0.1) is 0 Å². The van der Waals surface area contributed by atoms with E-state index in [-0.39, 0.29) is 23.0 Å². The minimum absolute atomic E-state index is 0.0176. The molecule has 1 atom stereocenters. The summed E-state index contributed by atoms with van der Waals surface area (Å²) in [6.45, 7) is 3.76. The van der Waals surface area contributed by atoms with Crippen molar-refractivity contribution in [1.82, 2.24) is 10.2 Å². The van der Waals surface area contributed by atoms with Crippen LogP contribution < -0.4 is 14.4 Å². The van der Waals surface area contributed by atoms with Crippen LogP contribution in [0.15, 0.2) is 83.8 Å². The lowest BCUT2D eigenvalue weighted by molar-refractivity contribution is -0.139. The molecule has 0 spiro atoms. The Balaban J connectivity index is 1.99. The summed E-state index contributed by atoms with van der Waals surface area (Å²) in [4.78, 5) is 28.2. The quantitative estimate of drug-likeness (QED) is 0.295. The first kappa shape index (κ1) is 30.0. The lowest BCUT2D eigenvalue weighted by Crippen LogP contribution is -2.51. The third kappa shape index (κ3) is 7.97. The van der Waals surface area contributed by atoms with E-state index in [0.29, 0.717) is 17.3 Å². The number of rotatable bonds is 13. The second kappa shape index (κ2) is 14.0. The van der Waals surface area contributed by atoms with Crippen LogP contribution in [-0.4, -0.2) is 51.4 Å². The number of methoxy groups -OCH3 is 1. The van der Waals surface area contributed by atoms with E-state index in [2.05, 4.69) is 5.32 Å². The predicted octanol–water partition coefficient (Wildman–Crippen LogP) is 4.88. The van der Waals surface area contributed by atoms with Gasteiger partial charge >= 0.3 is 0 Å². The van der Waals surface area contributed by atoms with Gasteiger partial charge in [0, 0.05) is 18.1 Å². The Morgan fingerprint density at radius 2 is 1.69 bits per heavy atom. The smallest absolute Gasteiger partial charge is 0.264 e. The highest BCUT2D eigenvalue weighted by molar-refractivity contribution is 7.92. The maximum Gasteiger partial charge on any atom is 0.264 e. The lowest BCUT2D eigenvalue weighted by Gasteiger charge is -2.32. The summed E-state index contributed by atoms with van der Waals surface area (Å²) < 4.78 is 33.8. The monoisotopic (exact) mass is 571 g/mol. The van der Waals surface area contributed by atoms with Crippen LogP contribution in [0.25, 0.3) is 0 Å². The molecule has 0 saturated carbocycles. The van der Waals surface area contributed by atoms with Gasteiger partial charge in [-0.2, -0.15) is 0 Å². The Morgan fingerprint density at radius 1 is 1.00 bits per heavy atom. The number of amides is 2. The van der Waals surface area contributed by atoms with E-state index in [4.69, 9.17) is 16.3 Å². The summed E-state index contributed by atoms with van der Waals surface area (Å²) in [6, 6.07) is 20.6. The fraction of sp³-hybridized carbons (Fsp3) is 0.310. The Kier molecular flexibility index (Phi) is 10.8. The topological polar surface area (TPSA) is 96.0 Å². The fourth-order valence-corrected chi connectivity index (χ4v) is 5.52. The third-order valence-corrected chi connectivity index (χ3v) is 8.24. The van der Waals surface area contributed by atoms with Gasteiger partial charge in [-0.25, -0.2) is 8.42 Å². The van der Waals surface area contributed by atoms with Crippen molar-refractivity contribution in [3.8, 4) is 5.75 Å². The largest absolute Gasteiger partial charge is 0.497 e. The summed E-state index contributed by atoms with van der Waals surface area (Å²) in [7, 11) is -2.70. The molecule has 0 saturated heterocycles. The molecule has 0 aromatic heterocycles. The molecule has 208 valence electrons. The Bertz CT molecular complexity index is 1350.